The third-order valence-corrected chi connectivity index (χ3v) is 3.69. The van der Waals surface area contributed by atoms with Crippen LogP contribution in [0.4, 0.5) is 0 Å². The molecule has 1 unspecified atom stereocenters. The topological polar surface area (TPSA) is 57.6 Å². The number of carbonyl (C=O) groups excluding carboxylic acids is 1. The Kier molecular flexibility index (Phi) is 4.56. The molecule has 106 valence electrons. The van der Waals surface area contributed by atoms with Gasteiger partial charge in [-0.3, -0.25) is 4.79 Å². The van der Waals surface area contributed by atoms with E-state index in [9.17, 15) is 9.59 Å². The molecule has 1 N–H and O–H groups in total. The highest BCUT2D eigenvalue weighted by Gasteiger charge is 2.23. The van der Waals surface area contributed by atoms with Crippen molar-refractivity contribution in [1.82, 2.24) is 4.90 Å². The summed E-state index contributed by atoms with van der Waals surface area (Å²) in [6.45, 7) is 5.28. The maximum absolute atomic E-state index is 12.4. The fraction of sp³-hybridized carbons (Fsp3) is 0.375. The SMILES string of the molecule is C=CCC1CCCN(C(=O)c2ccc(C(=O)O)cc2)C1. The van der Waals surface area contributed by atoms with Crippen LogP contribution >= 0.6 is 0 Å². The van der Waals surface area contributed by atoms with E-state index in [1.54, 1.807) is 12.1 Å². The second-order valence-electron chi connectivity index (χ2n) is 5.17. The van der Waals surface area contributed by atoms with Crippen LogP contribution < -0.4 is 0 Å². The molecule has 0 radical (unpaired) electrons. The van der Waals surface area contributed by atoms with Crippen LogP contribution in [0.15, 0.2) is 36.9 Å². The van der Waals surface area contributed by atoms with Gasteiger partial charge in [0.1, 0.15) is 0 Å². The number of carboxylic acids is 1. The van der Waals surface area contributed by atoms with Crippen molar-refractivity contribution in [2.24, 2.45) is 5.92 Å². The second kappa shape index (κ2) is 6.37. The Morgan fingerprint density at radius 2 is 1.95 bits per heavy atom. The zero-order chi connectivity index (χ0) is 14.5. The number of amides is 1. The molecule has 20 heavy (non-hydrogen) atoms. The smallest absolute Gasteiger partial charge is 0.335 e. The number of carbonyl (C=O) groups is 2. The zero-order valence-corrected chi connectivity index (χ0v) is 11.4. The van der Waals surface area contributed by atoms with Gasteiger partial charge in [-0.1, -0.05) is 6.08 Å². The summed E-state index contributed by atoms with van der Waals surface area (Å²) in [6, 6.07) is 6.12. The van der Waals surface area contributed by atoms with E-state index in [4.69, 9.17) is 5.11 Å². The fourth-order valence-electron chi connectivity index (χ4n) is 2.62. The third kappa shape index (κ3) is 3.26. The maximum Gasteiger partial charge on any atom is 0.335 e. The molecule has 0 aliphatic carbocycles. The first-order valence-electron chi connectivity index (χ1n) is 6.85. The van der Waals surface area contributed by atoms with Gasteiger partial charge < -0.3 is 10.0 Å². The summed E-state index contributed by atoms with van der Waals surface area (Å²) in [4.78, 5) is 25.0. The Morgan fingerprint density at radius 1 is 1.30 bits per heavy atom. The Labute approximate surface area is 118 Å². The van der Waals surface area contributed by atoms with E-state index in [1.165, 1.54) is 12.1 Å². The molecule has 1 fully saturated rings. The van der Waals surface area contributed by atoms with E-state index in [0.717, 1.165) is 32.4 Å². The standard InChI is InChI=1S/C16H19NO3/c1-2-4-12-5-3-10-17(11-12)15(18)13-6-8-14(9-7-13)16(19)20/h2,6-9,12H,1,3-5,10-11H2,(H,19,20). The summed E-state index contributed by atoms with van der Waals surface area (Å²) in [5, 5.41) is 8.85. The molecule has 1 aliphatic rings. The highest BCUT2D eigenvalue weighted by molar-refractivity contribution is 5.95. The van der Waals surface area contributed by atoms with Crippen LogP contribution in [0.5, 0.6) is 0 Å². The summed E-state index contributed by atoms with van der Waals surface area (Å²) in [5.74, 6) is -0.507. The molecule has 1 aromatic rings. The Balaban J connectivity index is 2.06. The Morgan fingerprint density at radius 3 is 2.55 bits per heavy atom. The van der Waals surface area contributed by atoms with Crippen LogP contribution in [0.25, 0.3) is 0 Å². The van der Waals surface area contributed by atoms with Crippen molar-refractivity contribution >= 4 is 11.9 Å². The first-order chi connectivity index (χ1) is 9.61. The quantitative estimate of drug-likeness (QED) is 0.858. The van der Waals surface area contributed by atoms with E-state index < -0.39 is 5.97 Å². The maximum atomic E-state index is 12.4. The van der Waals surface area contributed by atoms with Crippen LogP contribution in [-0.2, 0) is 0 Å². The summed E-state index contributed by atoms with van der Waals surface area (Å²) in [6.07, 6.45) is 4.98. The zero-order valence-electron chi connectivity index (χ0n) is 11.4. The summed E-state index contributed by atoms with van der Waals surface area (Å²) >= 11 is 0. The van der Waals surface area contributed by atoms with E-state index >= 15 is 0 Å². The van der Waals surface area contributed by atoms with Gasteiger partial charge in [0.05, 0.1) is 5.56 Å². The molecule has 0 bridgehead atoms. The van der Waals surface area contributed by atoms with Crippen molar-refractivity contribution in [2.45, 2.75) is 19.3 Å². The predicted molar refractivity (Wildman–Crippen MR) is 76.8 cm³/mol. The van der Waals surface area contributed by atoms with E-state index in [1.807, 2.05) is 11.0 Å². The van der Waals surface area contributed by atoms with E-state index in [0.29, 0.717) is 11.5 Å². The van der Waals surface area contributed by atoms with Crippen molar-refractivity contribution in [1.29, 1.82) is 0 Å². The number of hydrogen-bond acceptors (Lipinski definition) is 2. The molecular formula is C16H19NO3. The first-order valence-corrected chi connectivity index (χ1v) is 6.85. The summed E-state index contributed by atoms with van der Waals surface area (Å²) in [5.41, 5.74) is 0.749. The molecule has 0 aromatic heterocycles. The molecule has 1 amide bonds. The minimum absolute atomic E-state index is 0.0179. The van der Waals surface area contributed by atoms with Crippen LogP contribution in [0, 0.1) is 5.92 Å². The van der Waals surface area contributed by atoms with Crippen molar-refractivity contribution in [3.63, 3.8) is 0 Å². The van der Waals surface area contributed by atoms with Gasteiger partial charge in [-0.15, -0.1) is 6.58 Å². The van der Waals surface area contributed by atoms with Gasteiger partial charge >= 0.3 is 5.97 Å². The van der Waals surface area contributed by atoms with Crippen LogP contribution in [0.2, 0.25) is 0 Å². The van der Waals surface area contributed by atoms with Crippen LogP contribution in [-0.4, -0.2) is 35.0 Å². The average Bonchev–Trinajstić information content (AvgIpc) is 2.47. The minimum Gasteiger partial charge on any atom is -0.478 e. The molecule has 4 heteroatoms. The lowest BCUT2D eigenvalue weighted by molar-refractivity contribution is 0.0669. The van der Waals surface area contributed by atoms with Gasteiger partial charge in [0.2, 0.25) is 0 Å². The number of benzene rings is 1. The third-order valence-electron chi connectivity index (χ3n) is 3.69. The largest absolute Gasteiger partial charge is 0.478 e. The minimum atomic E-state index is -0.979. The lowest BCUT2D eigenvalue weighted by atomic mass is 9.94. The van der Waals surface area contributed by atoms with Crippen molar-refractivity contribution in [2.75, 3.05) is 13.1 Å². The van der Waals surface area contributed by atoms with Gasteiger partial charge in [0.15, 0.2) is 0 Å². The van der Waals surface area contributed by atoms with E-state index in [2.05, 4.69) is 6.58 Å². The summed E-state index contributed by atoms with van der Waals surface area (Å²) in [7, 11) is 0. The normalized spacial score (nSPS) is 18.6. The van der Waals surface area contributed by atoms with Crippen LogP contribution in [0.1, 0.15) is 40.0 Å². The van der Waals surface area contributed by atoms with Crippen LogP contribution in [0.3, 0.4) is 0 Å². The predicted octanol–water partition coefficient (Wildman–Crippen LogP) is 2.81. The number of piperidine rings is 1. The molecule has 1 atom stereocenters. The van der Waals surface area contributed by atoms with Crippen molar-refractivity contribution in [3.8, 4) is 0 Å². The molecule has 2 rings (SSSR count). The molecule has 1 aromatic carbocycles. The Hall–Kier alpha value is -2.10. The molecule has 1 heterocycles. The Bertz CT molecular complexity index is 507. The second-order valence-corrected chi connectivity index (χ2v) is 5.17. The molecule has 4 nitrogen and oxygen atoms in total. The van der Waals surface area contributed by atoms with Crippen molar-refractivity contribution < 1.29 is 14.7 Å². The van der Waals surface area contributed by atoms with Gasteiger partial charge in [-0.2, -0.15) is 0 Å². The van der Waals surface area contributed by atoms with E-state index in [-0.39, 0.29) is 11.5 Å². The highest BCUT2D eigenvalue weighted by atomic mass is 16.4. The number of aromatic carboxylic acids is 1. The van der Waals surface area contributed by atoms with Gasteiger partial charge in [-0.05, 0) is 49.4 Å². The molecular weight excluding hydrogens is 254 g/mol. The molecule has 0 spiro atoms. The molecule has 1 aliphatic heterocycles. The number of allylic oxidation sites excluding steroid dienone is 1. The lowest BCUT2D eigenvalue weighted by Gasteiger charge is -2.32. The lowest BCUT2D eigenvalue weighted by Crippen LogP contribution is -2.39. The highest BCUT2D eigenvalue weighted by Crippen LogP contribution is 2.21. The number of carboxylic acid groups (broad SMARTS) is 1. The number of hydrogen-bond donors (Lipinski definition) is 1. The molecule has 0 saturated carbocycles. The first kappa shape index (κ1) is 14.3. The fourth-order valence-corrected chi connectivity index (χ4v) is 2.62. The average molecular weight is 273 g/mol. The monoisotopic (exact) mass is 273 g/mol. The van der Waals surface area contributed by atoms with Crippen molar-refractivity contribution in [3.05, 3.63) is 48.0 Å². The van der Waals surface area contributed by atoms with Gasteiger partial charge in [0.25, 0.3) is 5.91 Å². The molecule has 1 saturated heterocycles. The number of rotatable bonds is 4. The number of likely N-dealkylation sites (tertiary alicyclic amines) is 1. The van der Waals surface area contributed by atoms with Gasteiger partial charge in [-0.25, -0.2) is 4.79 Å². The summed E-state index contributed by atoms with van der Waals surface area (Å²) < 4.78 is 0. The number of nitrogens with zero attached hydrogens (tertiary/aromatic N) is 1. The van der Waals surface area contributed by atoms with Gasteiger partial charge in [0, 0.05) is 18.7 Å².